The van der Waals surface area contributed by atoms with Gasteiger partial charge in [-0.05, 0) is 44.1 Å². The van der Waals surface area contributed by atoms with Crippen LogP contribution in [0.25, 0.3) is 0 Å². The van der Waals surface area contributed by atoms with Crippen LogP contribution < -0.4 is 10.1 Å². The highest BCUT2D eigenvalue weighted by Gasteiger charge is 1.98. The SMILES string of the molecule is CCCNCCCOc1cc(Cl)cc(Cl)c1. The maximum Gasteiger partial charge on any atom is 0.122 e. The summed E-state index contributed by atoms with van der Waals surface area (Å²) in [5.74, 6) is 0.730. The second-order valence-corrected chi connectivity index (χ2v) is 4.43. The zero-order valence-corrected chi connectivity index (χ0v) is 10.9. The molecule has 16 heavy (non-hydrogen) atoms. The van der Waals surface area contributed by atoms with Gasteiger partial charge in [0.15, 0.2) is 0 Å². The summed E-state index contributed by atoms with van der Waals surface area (Å²) in [6, 6.07) is 5.23. The van der Waals surface area contributed by atoms with Crippen molar-refractivity contribution in [2.75, 3.05) is 19.7 Å². The largest absolute Gasteiger partial charge is 0.493 e. The van der Waals surface area contributed by atoms with Crippen LogP contribution in [-0.4, -0.2) is 19.7 Å². The number of hydrogen-bond acceptors (Lipinski definition) is 2. The van der Waals surface area contributed by atoms with Gasteiger partial charge in [0.25, 0.3) is 0 Å². The van der Waals surface area contributed by atoms with Crippen LogP contribution in [0.3, 0.4) is 0 Å². The van der Waals surface area contributed by atoms with Gasteiger partial charge in [0, 0.05) is 10.0 Å². The number of ether oxygens (including phenoxy) is 1. The highest BCUT2D eigenvalue weighted by molar-refractivity contribution is 6.34. The summed E-state index contributed by atoms with van der Waals surface area (Å²) in [4.78, 5) is 0. The lowest BCUT2D eigenvalue weighted by Gasteiger charge is -2.07. The Morgan fingerprint density at radius 3 is 2.44 bits per heavy atom. The molecule has 0 aromatic heterocycles. The van der Waals surface area contributed by atoms with Gasteiger partial charge in [0.1, 0.15) is 5.75 Å². The molecule has 0 aliphatic rings. The summed E-state index contributed by atoms with van der Waals surface area (Å²) in [5, 5.41) is 4.52. The van der Waals surface area contributed by atoms with Crippen molar-refractivity contribution in [3.05, 3.63) is 28.2 Å². The summed E-state index contributed by atoms with van der Waals surface area (Å²) >= 11 is 11.7. The first-order valence-electron chi connectivity index (χ1n) is 5.52. The van der Waals surface area contributed by atoms with E-state index in [-0.39, 0.29) is 0 Å². The standard InChI is InChI=1S/C12H17Cl2NO/c1-2-4-15-5-3-6-16-12-8-10(13)7-11(14)9-12/h7-9,15H,2-6H2,1H3. The molecule has 0 spiro atoms. The minimum Gasteiger partial charge on any atom is -0.493 e. The van der Waals surface area contributed by atoms with Crippen LogP contribution in [0.15, 0.2) is 18.2 Å². The maximum absolute atomic E-state index is 5.85. The molecule has 0 saturated carbocycles. The fraction of sp³-hybridized carbons (Fsp3) is 0.500. The summed E-state index contributed by atoms with van der Waals surface area (Å²) in [5.41, 5.74) is 0. The molecule has 0 saturated heterocycles. The molecule has 1 aromatic rings. The average molecular weight is 262 g/mol. The van der Waals surface area contributed by atoms with Crippen LogP contribution in [0.2, 0.25) is 10.0 Å². The first kappa shape index (κ1) is 13.6. The Morgan fingerprint density at radius 1 is 1.12 bits per heavy atom. The molecule has 0 aliphatic carbocycles. The molecule has 4 heteroatoms. The third-order valence-electron chi connectivity index (χ3n) is 2.03. The zero-order chi connectivity index (χ0) is 11.8. The minimum atomic E-state index is 0.603. The average Bonchev–Trinajstić information content (AvgIpc) is 2.22. The minimum absolute atomic E-state index is 0.603. The third-order valence-corrected chi connectivity index (χ3v) is 2.47. The predicted molar refractivity (Wildman–Crippen MR) is 69.7 cm³/mol. The maximum atomic E-state index is 5.85. The summed E-state index contributed by atoms with van der Waals surface area (Å²) in [6.45, 7) is 4.86. The van der Waals surface area contributed by atoms with Crippen molar-refractivity contribution in [1.82, 2.24) is 5.32 Å². The number of hydrogen-bond donors (Lipinski definition) is 1. The number of halogens is 2. The van der Waals surface area contributed by atoms with Gasteiger partial charge in [-0.3, -0.25) is 0 Å². The Morgan fingerprint density at radius 2 is 1.81 bits per heavy atom. The molecule has 0 aliphatic heterocycles. The van der Waals surface area contributed by atoms with Gasteiger partial charge in [-0.1, -0.05) is 30.1 Å². The van der Waals surface area contributed by atoms with E-state index in [2.05, 4.69) is 12.2 Å². The molecular formula is C12H17Cl2NO. The van der Waals surface area contributed by atoms with Gasteiger partial charge < -0.3 is 10.1 Å². The van der Waals surface area contributed by atoms with Crippen molar-refractivity contribution in [3.63, 3.8) is 0 Å². The first-order valence-corrected chi connectivity index (χ1v) is 6.27. The van der Waals surface area contributed by atoms with Gasteiger partial charge in [0.2, 0.25) is 0 Å². The lowest BCUT2D eigenvalue weighted by Crippen LogP contribution is -2.18. The van der Waals surface area contributed by atoms with Crippen LogP contribution in [0.1, 0.15) is 19.8 Å². The van der Waals surface area contributed by atoms with Gasteiger partial charge in [-0.25, -0.2) is 0 Å². The van der Waals surface area contributed by atoms with E-state index in [0.29, 0.717) is 16.7 Å². The van der Waals surface area contributed by atoms with E-state index in [1.54, 1.807) is 18.2 Å². The monoisotopic (exact) mass is 261 g/mol. The molecule has 0 bridgehead atoms. The number of benzene rings is 1. The molecule has 1 N–H and O–H groups in total. The van der Waals surface area contributed by atoms with Crippen molar-refractivity contribution in [1.29, 1.82) is 0 Å². The Balaban J connectivity index is 2.21. The molecule has 0 unspecified atom stereocenters. The normalized spacial score (nSPS) is 10.4. The summed E-state index contributed by atoms with van der Waals surface area (Å²) in [6.07, 6.45) is 2.13. The summed E-state index contributed by atoms with van der Waals surface area (Å²) in [7, 11) is 0. The zero-order valence-electron chi connectivity index (χ0n) is 9.43. The molecule has 0 amide bonds. The van der Waals surface area contributed by atoms with Crippen LogP contribution in [0.5, 0.6) is 5.75 Å². The molecule has 2 nitrogen and oxygen atoms in total. The molecule has 0 atom stereocenters. The molecule has 0 radical (unpaired) electrons. The number of nitrogens with one attached hydrogen (secondary N) is 1. The van der Waals surface area contributed by atoms with E-state index < -0.39 is 0 Å². The van der Waals surface area contributed by atoms with E-state index in [4.69, 9.17) is 27.9 Å². The fourth-order valence-electron chi connectivity index (χ4n) is 1.30. The van der Waals surface area contributed by atoms with Crippen molar-refractivity contribution in [3.8, 4) is 5.75 Å². The Hall–Kier alpha value is -0.440. The third kappa shape index (κ3) is 5.59. The fourth-order valence-corrected chi connectivity index (χ4v) is 1.81. The second kappa shape index (κ2) is 7.77. The van der Waals surface area contributed by atoms with Crippen molar-refractivity contribution < 1.29 is 4.74 Å². The van der Waals surface area contributed by atoms with Crippen LogP contribution in [0.4, 0.5) is 0 Å². The van der Waals surface area contributed by atoms with Crippen molar-refractivity contribution >= 4 is 23.2 Å². The topological polar surface area (TPSA) is 21.3 Å². The summed E-state index contributed by atoms with van der Waals surface area (Å²) < 4.78 is 5.54. The predicted octanol–water partition coefficient (Wildman–Crippen LogP) is 3.76. The Kier molecular flexibility index (Phi) is 6.62. The van der Waals surface area contributed by atoms with Gasteiger partial charge >= 0.3 is 0 Å². The molecule has 0 fully saturated rings. The lowest BCUT2D eigenvalue weighted by molar-refractivity contribution is 0.308. The smallest absolute Gasteiger partial charge is 0.122 e. The van der Waals surface area contributed by atoms with E-state index in [9.17, 15) is 0 Å². The Labute approximate surface area is 107 Å². The molecular weight excluding hydrogens is 245 g/mol. The molecule has 0 heterocycles. The van der Waals surface area contributed by atoms with Gasteiger partial charge in [-0.15, -0.1) is 0 Å². The van der Waals surface area contributed by atoms with E-state index in [0.717, 1.165) is 31.7 Å². The van der Waals surface area contributed by atoms with E-state index in [1.807, 2.05) is 0 Å². The van der Waals surface area contributed by atoms with Crippen LogP contribution >= 0.6 is 23.2 Å². The highest BCUT2D eigenvalue weighted by Crippen LogP contribution is 2.24. The van der Waals surface area contributed by atoms with Gasteiger partial charge in [-0.2, -0.15) is 0 Å². The van der Waals surface area contributed by atoms with E-state index >= 15 is 0 Å². The molecule has 1 aromatic carbocycles. The first-order chi connectivity index (χ1) is 7.72. The number of rotatable bonds is 7. The Bertz CT molecular complexity index is 298. The highest BCUT2D eigenvalue weighted by atomic mass is 35.5. The van der Waals surface area contributed by atoms with Gasteiger partial charge in [0.05, 0.1) is 6.61 Å². The van der Waals surface area contributed by atoms with Crippen molar-refractivity contribution in [2.24, 2.45) is 0 Å². The van der Waals surface area contributed by atoms with E-state index in [1.165, 1.54) is 0 Å². The van der Waals surface area contributed by atoms with Crippen LogP contribution in [0, 0.1) is 0 Å². The molecule has 90 valence electrons. The second-order valence-electron chi connectivity index (χ2n) is 3.56. The van der Waals surface area contributed by atoms with Crippen molar-refractivity contribution in [2.45, 2.75) is 19.8 Å². The lowest BCUT2D eigenvalue weighted by atomic mass is 10.3. The molecule has 1 rings (SSSR count). The quantitative estimate of drug-likeness (QED) is 0.755. The van der Waals surface area contributed by atoms with Crippen LogP contribution in [-0.2, 0) is 0 Å².